The van der Waals surface area contributed by atoms with Crippen LogP contribution < -0.4 is 0 Å². The van der Waals surface area contributed by atoms with Gasteiger partial charge in [-0.1, -0.05) is 20.3 Å². The predicted octanol–water partition coefficient (Wildman–Crippen LogP) is 2.00. The molecule has 7 heteroatoms. The zero-order valence-electron chi connectivity index (χ0n) is 15.1. The first-order valence-corrected chi connectivity index (χ1v) is 10.3. The molecule has 6 nitrogen and oxygen atoms in total. The smallest absolute Gasteiger partial charge is 0.102 e. The van der Waals surface area contributed by atoms with Crippen molar-refractivity contribution in [2.45, 2.75) is 46.0 Å². The summed E-state index contributed by atoms with van der Waals surface area (Å²) in [7, 11) is -1.91. The fraction of sp³-hybridized carbons (Fsp3) is 1.00. The van der Waals surface area contributed by atoms with E-state index in [2.05, 4.69) is 20.9 Å². The second-order valence-corrected chi connectivity index (χ2v) is 7.86. The number of quaternary nitrogens is 1. The lowest BCUT2D eigenvalue weighted by Gasteiger charge is -2.34. The van der Waals surface area contributed by atoms with Crippen LogP contribution in [0.3, 0.4) is 0 Å². The Morgan fingerprint density at radius 3 is 2.00 bits per heavy atom. The minimum atomic E-state index is -4.09. The first-order valence-electron chi connectivity index (χ1n) is 8.75. The summed E-state index contributed by atoms with van der Waals surface area (Å²) >= 11 is 0. The van der Waals surface area contributed by atoms with Crippen molar-refractivity contribution in [3.8, 4) is 0 Å². The number of ether oxygens (including phenoxy) is 2. The van der Waals surface area contributed by atoms with Crippen LogP contribution in [0.1, 0.15) is 46.0 Å². The molecule has 0 aliphatic heterocycles. The predicted molar refractivity (Wildman–Crippen MR) is 91.4 cm³/mol. The SMILES string of the molecule is CCCC[N+](C)(CCCCS(=O)(=O)[O-])CCOCCOCCC. The number of likely N-dealkylation sites (N-methyl/N-ethyl adjacent to an activating group) is 1. The Labute approximate surface area is 142 Å². The summed E-state index contributed by atoms with van der Waals surface area (Å²) in [6, 6.07) is 0. The van der Waals surface area contributed by atoms with Gasteiger partial charge >= 0.3 is 0 Å². The van der Waals surface area contributed by atoms with Crippen LogP contribution in [-0.2, 0) is 19.6 Å². The average molecular weight is 354 g/mol. The molecule has 0 saturated heterocycles. The maximum Gasteiger partial charge on any atom is 0.102 e. The zero-order valence-corrected chi connectivity index (χ0v) is 15.9. The van der Waals surface area contributed by atoms with Crippen LogP contribution in [0.4, 0.5) is 0 Å². The molecule has 0 N–H and O–H groups in total. The second-order valence-electron chi connectivity index (χ2n) is 6.34. The van der Waals surface area contributed by atoms with Gasteiger partial charge in [0.25, 0.3) is 0 Å². The number of rotatable bonds is 16. The van der Waals surface area contributed by atoms with Gasteiger partial charge in [-0.3, -0.25) is 0 Å². The molecule has 0 aliphatic carbocycles. The lowest BCUT2D eigenvalue weighted by molar-refractivity contribution is -0.910. The molecule has 23 heavy (non-hydrogen) atoms. The highest BCUT2D eigenvalue weighted by Gasteiger charge is 2.20. The first kappa shape index (κ1) is 22.8. The van der Waals surface area contributed by atoms with Crippen molar-refractivity contribution < 1.29 is 26.9 Å². The van der Waals surface area contributed by atoms with Crippen molar-refractivity contribution >= 4 is 10.1 Å². The quantitative estimate of drug-likeness (QED) is 0.241. The van der Waals surface area contributed by atoms with Gasteiger partial charge in [-0.25, -0.2) is 8.42 Å². The molecule has 0 rings (SSSR count). The molecule has 0 spiro atoms. The van der Waals surface area contributed by atoms with E-state index in [1.54, 1.807) is 0 Å². The Bertz CT molecular complexity index is 375. The fourth-order valence-electron chi connectivity index (χ4n) is 2.40. The Morgan fingerprint density at radius 2 is 1.43 bits per heavy atom. The maximum atomic E-state index is 10.7. The average Bonchev–Trinajstić information content (AvgIpc) is 2.48. The van der Waals surface area contributed by atoms with Crippen LogP contribution in [0.2, 0.25) is 0 Å². The van der Waals surface area contributed by atoms with Gasteiger partial charge in [0.05, 0.1) is 50.1 Å². The summed E-state index contributed by atoms with van der Waals surface area (Å²) < 4.78 is 43.8. The summed E-state index contributed by atoms with van der Waals surface area (Å²) in [5.41, 5.74) is 0. The standard InChI is InChI=1S/C16H35NO5S/c1-4-6-9-17(3,10-7-8-16-23(18,19)20)11-13-22-15-14-21-12-5-2/h4-16H2,1-3H3. The Hall–Kier alpha value is -0.210. The molecule has 1 atom stereocenters. The third-order valence-electron chi connectivity index (χ3n) is 3.89. The van der Waals surface area contributed by atoms with Gasteiger partial charge in [0, 0.05) is 12.4 Å². The molecule has 0 bridgehead atoms. The van der Waals surface area contributed by atoms with Gasteiger partial charge < -0.3 is 18.5 Å². The molecule has 140 valence electrons. The van der Waals surface area contributed by atoms with Crippen molar-refractivity contribution in [2.24, 2.45) is 0 Å². The number of hydrogen-bond acceptors (Lipinski definition) is 5. The summed E-state index contributed by atoms with van der Waals surface area (Å²) in [4.78, 5) is 0. The normalized spacial score (nSPS) is 14.8. The van der Waals surface area contributed by atoms with Crippen LogP contribution in [0.15, 0.2) is 0 Å². The molecular weight excluding hydrogens is 318 g/mol. The van der Waals surface area contributed by atoms with Crippen LogP contribution in [0.5, 0.6) is 0 Å². The van der Waals surface area contributed by atoms with E-state index in [4.69, 9.17) is 9.47 Å². The van der Waals surface area contributed by atoms with Crippen LogP contribution in [0.25, 0.3) is 0 Å². The number of hydrogen-bond donors (Lipinski definition) is 0. The highest BCUT2D eigenvalue weighted by molar-refractivity contribution is 7.85. The molecule has 0 heterocycles. The third-order valence-corrected chi connectivity index (χ3v) is 4.68. The lowest BCUT2D eigenvalue weighted by atomic mass is 10.2. The minimum absolute atomic E-state index is 0.258. The monoisotopic (exact) mass is 353 g/mol. The van der Waals surface area contributed by atoms with Crippen molar-refractivity contribution in [2.75, 3.05) is 58.9 Å². The van der Waals surface area contributed by atoms with Crippen molar-refractivity contribution in [1.82, 2.24) is 0 Å². The molecule has 1 unspecified atom stereocenters. The van der Waals surface area contributed by atoms with Crippen molar-refractivity contribution in [3.05, 3.63) is 0 Å². The summed E-state index contributed by atoms with van der Waals surface area (Å²) in [6.45, 7) is 9.77. The van der Waals surface area contributed by atoms with Crippen LogP contribution >= 0.6 is 0 Å². The van der Waals surface area contributed by atoms with Gasteiger partial charge in [-0.15, -0.1) is 0 Å². The van der Waals surface area contributed by atoms with Crippen molar-refractivity contribution in [1.29, 1.82) is 0 Å². The molecule has 0 radical (unpaired) electrons. The maximum absolute atomic E-state index is 10.7. The zero-order chi connectivity index (χ0) is 17.6. The van der Waals surface area contributed by atoms with Gasteiger partial charge in [0.2, 0.25) is 0 Å². The van der Waals surface area contributed by atoms with Gasteiger partial charge in [0.1, 0.15) is 6.54 Å². The van der Waals surface area contributed by atoms with E-state index in [0.29, 0.717) is 26.2 Å². The summed E-state index contributed by atoms with van der Waals surface area (Å²) in [5.74, 6) is -0.258. The van der Waals surface area contributed by atoms with Crippen LogP contribution in [-0.4, -0.2) is 76.3 Å². The summed E-state index contributed by atoms with van der Waals surface area (Å²) in [5, 5.41) is 0. The fourth-order valence-corrected chi connectivity index (χ4v) is 2.96. The highest BCUT2D eigenvalue weighted by Crippen LogP contribution is 2.09. The number of nitrogens with zero attached hydrogens (tertiary/aromatic N) is 1. The van der Waals surface area contributed by atoms with Gasteiger partial charge in [-0.2, -0.15) is 0 Å². The van der Waals surface area contributed by atoms with E-state index >= 15 is 0 Å². The molecule has 0 aromatic rings. The third kappa shape index (κ3) is 15.1. The van der Waals surface area contributed by atoms with E-state index in [9.17, 15) is 13.0 Å². The van der Waals surface area contributed by atoms with Crippen LogP contribution in [0, 0.1) is 0 Å². The molecule has 0 aliphatic rings. The van der Waals surface area contributed by atoms with Crippen molar-refractivity contribution in [3.63, 3.8) is 0 Å². The summed E-state index contributed by atoms with van der Waals surface area (Å²) in [6.07, 6.45) is 4.48. The topological polar surface area (TPSA) is 75.7 Å². The second kappa shape index (κ2) is 13.1. The van der Waals surface area contributed by atoms with E-state index in [0.717, 1.165) is 56.4 Å². The van der Waals surface area contributed by atoms with E-state index in [-0.39, 0.29) is 5.75 Å². The van der Waals surface area contributed by atoms with E-state index < -0.39 is 10.1 Å². The minimum Gasteiger partial charge on any atom is -0.748 e. The highest BCUT2D eigenvalue weighted by atomic mass is 32.2. The molecular formula is C16H35NO5S. The molecule has 0 aromatic carbocycles. The number of unbranched alkanes of at least 4 members (excludes halogenated alkanes) is 2. The Kier molecular flexibility index (Phi) is 13.0. The van der Waals surface area contributed by atoms with E-state index in [1.807, 2.05) is 0 Å². The Balaban J connectivity index is 4.00. The lowest BCUT2D eigenvalue weighted by Crippen LogP contribution is -2.48. The first-order chi connectivity index (χ1) is 10.8. The van der Waals surface area contributed by atoms with Gasteiger partial charge in [-0.05, 0) is 25.7 Å². The molecule has 0 aromatic heterocycles. The molecule has 0 amide bonds. The van der Waals surface area contributed by atoms with E-state index in [1.165, 1.54) is 0 Å². The Morgan fingerprint density at radius 1 is 0.826 bits per heavy atom. The molecule has 0 saturated carbocycles. The van der Waals surface area contributed by atoms with Gasteiger partial charge in [0.15, 0.2) is 0 Å². The molecule has 0 fully saturated rings. The largest absolute Gasteiger partial charge is 0.748 e.